The fraction of sp³-hybridized carbons (Fsp3) is 0.842. The first-order valence-corrected chi connectivity index (χ1v) is 9.38. The van der Waals surface area contributed by atoms with Crippen molar-refractivity contribution in [3.8, 4) is 0 Å². The van der Waals surface area contributed by atoms with E-state index in [9.17, 15) is 14.4 Å². The molecule has 7 heteroatoms. The fourth-order valence-electron chi connectivity index (χ4n) is 2.51. The van der Waals surface area contributed by atoms with Gasteiger partial charge < -0.3 is 19.9 Å². The van der Waals surface area contributed by atoms with Gasteiger partial charge in [-0.1, -0.05) is 61.3 Å². The third kappa shape index (κ3) is 9.06. The van der Waals surface area contributed by atoms with Gasteiger partial charge in [0.25, 0.3) is 6.29 Å². The number of hydrogen-bond acceptors (Lipinski definition) is 5. The molecule has 0 heterocycles. The van der Waals surface area contributed by atoms with Crippen LogP contribution in [0.25, 0.3) is 0 Å². The summed E-state index contributed by atoms with van der Waals surface area (Å²) in [7, 11) is 0. The maximum Gasteiger partial charge on any atom is 0.410 e. The Labute approximate surface area is 156 Å². The number of ether oxygens (including phenoxy) is 2. The molecule has 0 aromatic carbocycles. The molecule has 152 valence electrons. The topological polar surface area (TPSA) is 102 Å². The maximum absolute atomic E-state index is 12.3. The second-order valence-electron chi connectivity index (χ2n) is 7.58. The van der Waals surface area contributed by atoms with Crippen LogP contribution >= 0.6 is 0 Å². The molecule has 0 fully saturated rings. The molecule has 0 spiro atoms. The van der Waals surface area contributed by atoms with E-state index in [1.54, 1.807) is 27.7 Å². The van der Waals surface area contributed by atoms with Crippen LogP contribution in [0.3, 0.4) is 0 Å². The van der Waals surface area contributed by atoms with Crippen LogP contribution in [0.4, 0.5) is 4.79 Å². The number of carbonyl (C=O) groups is 3. The monoisotopic (exact) mass is 373 g/mol. The number of rotatable bonds is 11. The van der Waals surface area contributed by atoms with Crippen LogP contribution in [0.2, 0.25) is 0 Å². The highest BCUT2D eigenvalue weighted by atomic mass is 16.7. The van der Waals surface area contributed by atoms with Gasteiger partial charge in [-0.2, -0.15) is 0 Å². The zero-order chi connectivity index (χ0) is 20.4. The molecule has 0 saturated heterocycles. The summed E-state index contributed by atoms with van der Waals surface area (Å²) in [5, 5.41) is 11.8. The molecule has 2 N–H and O–H groups in total. The molecule has 1 amide bonds. The van der Waals surface area contributed by atoms with E-state index < -0.39 is 30.4 Å². The Morgan fingerprint density at radius 2 is 1.58 bits per heavy atom. The van der Waals surface area contributed by atoms with Crippen LogP contribution in [0.5, 0.6) is 0 Å². The molecule has 0 aromatic heterocycles. The Kier molecular flexibility index (Phi) is 10.9. The van der Waals surface area contributed by atoms with Gasteiger partial charge >= 0.3 is 18.0 Å². The molecule has 0 aromatic rings. The summed E-state index contributed by atoms with van der Waals surface area (Å²) in [6.45, 7) is 13.0. The average Bonchev–Trinajstić information content (AvgIpc) is 2.52. The number of hydrogen-bond donors (Lipinski definition) is 2. The lowest BCUT2D eigenvalue weighted by atomic mass is 9.84. The molecule has 4 atom stereocenters. The van der Waals surface area contributed by atoms with Crippen molar-refractivity contribution >= 4 is 18.0 Å². The van der Waals surface area contributed by atoms with Gasteiger partial charge in [0.15, 0.2) is 0 Å². The van der Waals surface area contributed by atoms with Crippen LogP contribution in [0.15, 0.2) is 0 Å². The Balaban J connectivity index is 4.99. The number of nitrogens with one attached hydrogen (secondary N) is 1. The van der Waals surface area contributed by atoms with Crippen molar-refractivity contribution < 1.29 is 29.0 Å². The van der Waals surface area contributed by atoms with E-state index in [4.69, 9.17) is 14.6 Å². The molecule has 7 nitrogen and oxygen atoms in total. The largest absolute Gasteiger partial charge is 0.481 e. The second kappa shape index (κ2) is 11.8. The van der Waals surface area contributed by atoms with Crippen molar-refractivity contribution in [2.75, 3.05) is 0 Å². The number of carboxylic acids is 1. The quantitative estimate of drug-likeness (QED) is 0.422. The third-order valence-electron chi connectivity index (χ3n) is 4.45. The lowest BCUT2D eigenvalue weighted by molar-refractivity contribution is -0.178. The molecule has 0 rings (SSSR count). The SMILES string of the molecule is CCC[C@@H](C)[C@@H](C)[C@@H](CC(=O)O)NC(=O)O[C@@H](OC(=O)C(C)C)C(C)C. The number of aliphatic carboxylic acids is 1. The summed E-state index contributed by atoms with van der Waals surface area (Å²) in [5.41, 5.74) is 0. The highest BCUT2D eigenvalue weighted by molar-refractivity contribution is 5.73. The van der Waals surface area contributed by atoms with Crippen molar-refractivity contribution in [2.45, 2.75) is 80.1 Å². The molecule has 0 bridgehead atoms. The zero-order valence-electron chi connectivity index (χ0n) is 17.1. The van der Waals surface area contributed by atoms with Crippen LogP contribution in [-0.4, -0.2) is 35.5 Å². The van der Waals surface area contributed by atoms with Crippen molar-refractivity contribution in [1.82, 2.24) is 5.32 Å². The Hall–Kier alpha value is -1.79. The Bertz CT molecular complexity index is 463. The minimum absolute atomic E-state index is 0.0330. The lowest BCUT2D eigenvalue weighted by Gasteiger charge is -2.29. The minimum Gasteiger partial charge on any atom is -0.481 e. The summed E-state index contributed by atoms with van der Waals surface area (Å²) in [6.07, 6.45) is -0.0614. The molecule has 0 unspecified atom stereocenters. The van der Waals surface area contributed by atoms with E-state index in [0.29, 0.717) is 0 Å². The minimum atomic E-state index is -1.02. The number of esters is 1. The predicted molar refractivity (Wildman–Crippen MR) is 98.4 cm³/mol. The Morgan fingerprint density at radius 3 is 2.00 bits per heavy atom. The normalized spacial score (nSPS) is 15.9. The molecule has 0 aliphatic carbocycles. The number of carbonyl (C=O) groups excluding carboxylic acids is 2. The van der Waals surface area contributed by atoms with E-state index in [0.717, 1.165) is 12.8 Å². The van der Waals surface area contributed by atoms with Crippen molar-refractivity contribution in [1.29, 1.82) is 0 Å². The lowest BCUT2D eigenvalue weighted by Crippen LogP contribution is -2.45. The van der Waals surface area contributed by atoms with Gasteiger partial charge in [0.2, 0.25) is 0 Å². The first-order chi connectivity index (χ1) is 12.0. The van der Waals surface area contributed by atoms with E-state index >= 15 is 0 Å². The average molecular weight is 373 g/mol. The molecule has 0 aliphatic rings. The zero-order valence-corrected chi connectivity index (χ0v) is 17.1. The standard InChI is InChI=1S/C19H35NO6/c1-8-9-13(6)14(7)15(10-16(21)22)20-19(24)26-18(12(4)5)25-17(23)11(2)3/h11-15,18H,8-10H2,1-7H3,(H,20,24)(H,21,22)/t13-,14-,15-,18-/m1/s1. The third-order valence-corrected chi connectivity index (χ3v) is 4.45. The van der Waals surface area contributed by atoms with Gasteiger partial charge in [0, 0.05) is 12.0 Å². The van der Waals surface area contributed by atoms with E-state index in [-0.39, 0.29) is 30.1 Å². The van der Waals surface area contributed by atoms with Crippen molar-refractivity contribution in [3.05, 3.63) is 0 Å². The fourth-order valence-corrected chi connectivity index (χ4v) is 2.51. The molecule has 0 saturated carbocycles. The first kappa shape index (κ1) is 24.2. The number of carboxylic acid groups (broad SMARTS) is 1. The van der Waals surface area contributed by atoms with Crippen LogP contribution in [-0.2, 0) is 19.1 Å². The highest BCUT2D eigenvalue weighted by Gasteiger charge is 2.29. The Morgan fingerprint density at radius 1 is 1.00 bits per heavy atom. The van der Waals surface area contributed by atoms with E-state index in [1.807, 2.05) is 13.8 Å². The van der Waals surface area contributed by atoms with Crippen LogP contribution in [0.1, 0.15) is 67.7 Å². The van der Waals surface area contributed by atoms with Gasteiger partial charge in [0.05, 0.1) is 12.3 Å². The number of alkyl carbamates (subject to hydrolysis) is 1. The van der Waals surface area contributed by atoms with Gasteiger partial charge in [-0.05, 0) is 11.8 Å². The first-order valence-electron chi connectivity index (χ1n) is 9.38. The van der Waals surface area contributed by atoms with Crippen LogP contribution < -0.4 is 5.32 Å². The molecule has 0 radical (unpaired) electrons. The second-order valence-corrected chi connectivity index (χ2v) is 7.58. The molecule has 0 aliphatic heterocycles. The summed E-state index contributed by atoms with van der Waals surface area (Å²) in [5.74, 6) is -1.78. The maximum atomic E-state index is 12.3. The van der Waals surface area contributed by atoms with Crippen LogP contribution in [0, 0.1) is 23.7 Å². The highest BCUT2D eigenvalue weighted by Crippen LogP contribution is 2.22. The smallest absolute Gasteiger partial charge is 0.410 e. The molecular weight excluding hydrogens is 338 g/mol. The summed E-state index contributed by atoms with van der Waals surface area (Å²) in [4.78, 5) is 35.2. The van der Waals surface area contributed by atoms with Gasteiger partial charge in [0.1, 0.15) is 0 Å². The predicted octanol–water partition coefficient (Wildman–Crippen LogP) is 3.81. The summed E-state index contributed by atoms with van der Waals surface area (Å²) < 4.78 is 10.5. The summed E-state index contributed by atoms with van der Waals surface area (Å²) in [6, 6.07) is -0.560. The van der Waals surface area contributed by atoms with Crippen molar-refractivity contribution in [3.63, 3.8) is 0 Å². The van der Waals surface area contributed by atoms with E-state index in [2.05, 4.69) is 12.2 Å². The molecular formula is C19H35NO6. The molecule has 26 heavy (non-hydrogen) atoms. The van der Waals surface area contributed by atoms with E-state index in [1.165, 1.54) is 0 Å². The van der Waals surface area contributed by atoms with Gasteiger partial charge in [-0.15, -0.1) is 0 Å². The number of amides is 1. The van der Waals surface area contributed by atoms with Gasteiger partial charge in [-0.3, -0.25) is 9.59 Å². The summed E-state index contributed by atoms with van der Waals surface area (Å²) >= 11 is 0. The van der Waals surface area contributed by atoms with Gasteiger partial charge in [-0.25, -0.2) is 4.79 Å². The van der Waals surface area contributed by atoms with Crippen molar-refractivity contribution in [2.24, 2.45) is 23.7 Å².